The molecule has 0 spiro atoms. The van der Waals surface area contributed by atoms with Crippen LogP contribution in [-0.2, 0) is 0 Å². The Kier molecular flexibility index (Phi) is 3.40. The summed E-state index contributed by atoms with van der Waals surface area (Å²) >= 11 is 9.61. The molecule has 2 aliphatic heterocycles. The minimum atomic E-state index is -0.459. The number of para-hydroxylation sites is 1. The molecule has 8 heteroatoms. The third-order valence-corrected chi connectivity index (χ3v) is 5.34. The van der Waals surface area contributed by atoms with E-state index in [0.29, 0.717) is 33.3 Å². The number of aliphatic hydroxyl groups excluding tert-OH is 1. The summed E-state index contributed by atoms with van der Waals surface area (Å²) in [5, 5.41) is 13.2. The molecule has 5 rings (SSSR count). The highest BCUT2D eigenvalue weighted by atomic mass is 79.9. The van der Waals surface area contributed by atoms with Gasteiger partial charge in [-0.3, -0.25) is 5.01 Å². The van der Waals surface area contributed by atoms with Crippen molar-refractivity contribution in [3.8, 4) is 5.75 Å². The summed E-state index contributed by atoms with van der Waals surface area (Å²) in [7, 11) is 1.83. The first-order valence-corrected chi connectivity index (χ1v) is 9.07. The van der Waals surface area contributed by atoms with Crippen molar-refractivity contribution < 1.29 is 9.84 Å². The summed E-state index contributed by atoms with van der Waals surface area (Å²) in [6, 6.07) is 10.6. The fourth-order valence-corrected chi connectivity index (χ4v) is 3.88. The number of aromatic nitrogens is 2. The number of anilines is 1. The number of rotatable bonds is 0. The first-order chi connectivity index (χ1) is 12.5. The lowest BCUT2D eigenvalue weighted by Crippen LogP contribution is -2.38. The van der Waals surface area contributed by atoms with Gasteiger partial charge in [0.25, 0.3) is 0 Å². The maximum absolute atomic E-state index is 10.9. The van der Waals surface area contributed by atoms with Crippen LogP contribution < -0.4 is 15.2 Å². The Morgan fingerprint density at radius 3 is 2.92 bits per heavy atom. The van der Waals surface area contributed by atoms with Crippen LogP contribution in [-0.4, -0.2) is 22.1 Å². The molecular formula is C18H12BrClN4O2. The molecule has 1 unspecified atom stereocenters. The van der Waals surface area contributed by atoms with Crippen LogP contribution in [0, 0.1) is 0 Å². The summed E-state index contributed by atoms with van der Waals surface area (Å²) in [5.74, 6) is 1.56. The predicted molar refractivity (Wildman–Crippen MR) is 103 cm³/mol. The lowest BCUT2D eigenvalue weighted by Gasteiger charge is -2.28. The van der Waals surface area contributed by atoms with Gasteiger partial charge in [-0.15, -0.1) is 0 Å². The van der Waals surface area contributed by atoms with E-state index in [1.807, 2.05) is 31.3 Å². The van der Waals surface area contributed by atoms with Crippen LogP contribution in [0.4, 0.5) is 5.82 Å². The van der Waals surface area contributed by atoms with Gasteiger partial charge in [-0.2, -0.15) is 0 Å². The van der Waals surface area contributed by atoms with Crippen LogP contribution in [0.25, 0.3) is 16.8 Å². The van der Waals surface area contributed by atoms with Gasteiger partial charge in [0.2, 0.25) is 0 Å². The second kappa shape index (κ2) is 5.57. The zero-order chi connectivity index (χ0) is 18.0. The van der Waals surface area contributed by atoms with E-state index >= 15 is 0 Å². The highest BCUT2D eigenvalue weighted by Gasteiger charge is 2.38. The number of hydrazine groups is 1. The summed E-state index contributed by atoms with van der Waals surface area (Å²) in [6.45, 7) is 0. The zero-order valence-corrected chi connectivity index (χ0v) is 15.8. The highest BCUT2D eigenvalue weighted by Crippen LogP contribution is 2.46. The molecule has 0 aliphatic carbocycles. The van der Waals surface area contributed by atoms with Crippen molar-refractivity contribution in [2.24, 2.45) is 0 Å². The SMILES string of the molecule is CN1NC2C(O)=C(Oc3c(Br)cccc32)c2nc3cc(Cl)ccc3nc21. The lowest BCUT2D eigenvalue weighted by molar-refractivity contribution is 0.309. The number of hydrogen-bond donors (Lipinski definition) is 2. The molecule has 0 amide bonds. The zero-order valence-electron chi connectivity index (χ0n) is 13.5. The molecule has 0 saturated carbocycles. The average Bonchev–Trinajstić information content (AvgIpc) is 2.68. The monoisotopic (exact) mass is 430 g/mol. The van der Waals surface area contributed by atoms with Gasteiger partial charge in [0, 0.05) is 17.6 Å². The molecule has 6 nitrogen and oxygen atoms in total. The van der Waals surface area contributed by atoms with Crippen molar-refractivity contribution >= 4 is 50.1 Å². The van der Waals surface area contributed by atoms with E-state index in [1.165, 1.54) is 0 Å². The van der Waals surface area contributed by atoms with Gasteiger partial charge in [0.15, 0.2) is 23.0 Å². The second-order valence-electron chi connectivity index (χ2n) is 6.12. The van der Waals surface area contributed by atoms with E-state index in [0.717, 1.165) is 10.0 Å². The van der Waals surface area contributed by atoms with E-state index in [-0.39, 0.29) is 11.5 Å². The Morgan fingerprint density at radius 2 is 2.08 bits per heavy atom. The van der Waals surface area contributed by atoms with Crippen LogP contribution in [0.3, 0.4) is 0 Å². The van der Waals surface area contributed by atoms with E-state index in [4.69, 9.17) is 16.3 Å². The Labute approximate surface area is 162 Å². The van der Waals surface area contributed by atoms with Crippen LogP contribution in [0.1, 0.15) is 17.3 Å². The molecule has 1 atom stereocenters. The maximum Gasteiger partial charge on any atom is 0.196 e. The molecule has 2 aromatic carbocycles. The first kappa shape index (κ1) is 15.9. The van der Waals surface area contributed by atoms with E-state index < -0.39 is 6.04 Å². The second-order valence-corrected chi connectivity index (χ2v) is 7.42. The normalized spacial score (nSPS) is 18.3. The smallest absolute Gasteiger partial charge is 0.196 e. The molecule has 2 N–H and O–H groups in total. The molecule has 3 heterocycles. The Balaban J connectivity index is 1.80. The van der Waals surface area contributed by atoms with E-state index in [2.05, 4.69) is 31.3 Å². The van der Waals surface area contributed by atoms with Gasteiger partial charge in [0.05, 0.1) is 15.5 Å². The molecular weight excluding hydrogens is 420 g/mol. The van der Waals surface area contributed by atoms with Gasteiger partial charge in [-0.25, -0.2) is 15.4 Å². The molecule has 2 bridgehead atoms. The van der Waals surface area contributed by atoms with Gasteiger partial charge >= 0.3 is 0 Å². The first-order valence-electron chi connectivity index (χ1n) is 7.90. The van der Waals surface area contributed by atoms with Crippen LogP contribution in [0.2, 0.25) is 5.02 Å². The van der Waals surface area contributed by atoms with Crippen molar-refractivity contribution in [1.29, 1.82) is 0 Å². The summed E-state index contributed by atoms with van der Waals surface area (Å²) in [5.41, 5.74) is 5.89. The fraction of sp³-hybridized carbons (Fsp3) is 0.111. The van der Waals surface area contributed by atoms with Gasteiger partial charge in [-0.05, 0) is 40.2 Å². The fourth-order valence-electron chi connectivity index (χ4n) is 3.25. The summed E-state index contributed by atoms with van der Waals surface area (Å²) in [6.07, 6.45) is 0. The van der Waals surface area contributed by atoms with E-state index in [1.54, 1.807) is 17.1 Å². The number of nitrogens with zero attached hydrogens (tertiary/aromatic N) is 3. The van der Waals surface area contributed by atoms with Gasteiger partial charge < -0.3 is 9.84 Å². The Bertz CT molecular complexity index is 1120. The molecule has 1 aromatic heterocycles. The molecule has 3 aromatic rings. The number of fused-ring (bicyclic) bond motifs is 6. The minimum absolute atomic E-state index is 0.0666. The van der Waals surface area contributed by atoms with Gasteiger partial charge in [-0.1, -0.05) is 23.7 Å². The van der Waals surface area contributed by atoms with E-state index in [9.17, 15) is 5.11 Å². The number of aliphatic hydroxyl groups is 1. The highest BCUT2D eigenvalue weighted by molar-refractivity contribution is 9.10. The third-order valence-electron chi connectivity index (χ3n) is 4.48. The summed E-state index contributed by atoms with van der Waals surface area (Å²) < 4.78 is 6.86. The largest absolute Gasteiger partial charge is 0.506 e. The molecule has 0 fully saturated rings. The average molecular weight is 432 g/mol. The molecule has 130 valence electrons. The van der Waals surface area contributed by atoms with Crippen LogP contribution in [0.5, 0.6) is 5.75 Å². The Morgan fingerprint density at radius 1 is 1.23 bits per heavy atom. The number of hydrogen-bond acceptors (Lipinski definition) is 6. The Hall–Kier alpha value is -2.35. The van der Waals surface area contributed by atoms with Crippen LogP contribution in [0.15, 0.2) is 46.6 Å². The number of halogens is 2. The van der Waals surface area contributed by atoms with Crippen molar-refractivity contribution in [1.82, 2.24) is 15.4 Å². The molecule has 2 aliphatic rings. The minimum Gasteiger partial charge on any atom is -0.506 e. The number of benzene rings is 2. The standard InChI is InChI=1S/C18H12BrClN4O2/c1-24-18-14(21-12-7-8(20)5-6-11(12)22-18)17-15(25)13(23-24)9-3-2-4-10(19)16(9)26-17/h2-7,13,23,25H,1H3. The molecule has 0 radical (unpaired) electrons. The van der Waals surface area contributed by atoms with Crippen LogP contribution >= 0.6 is 27.5 Å². The lowest BCUT2D eigenvalue weighted by atomic mass is 10.0. The molecule has 0 saturated heterocycles. The van der Waals surface area contributed by atoms with Crippen molar-refractivity contribution in [3.63, 3.8) is 0 Å². The van der Waals surface area contributed by atoms with Crippen molar-refractivity contribution in [3.05, 3.63) is 62.9 Å². The topological polar surface area (TPSA) is 70.5 Å². The quantitative estimate of drug-likeness (QED) is 0.551. The molecule has 26 heavy (non-hydrogen) atoms. The number of nitrogens with one attached hydrogen (secondary N) is 1. The van der Waals surface area contributed by atoms with Crippen molar-refractivity contribution in [2.45, 2.75) is 6.04 Å². The number of ether oxygens (including phenoxy) is 1. The predicted octanol–water partition coefficient (Wildman–Crippen LogP) is 4.36. The van der Waals surface area contributed by atoms with Crippen molar-refractivity contribution in [2.75, 3.05) is 12.1 Å². The summed E-state index contributed by atoms with van der Waals surface area (Å²) in [4.78, 5) is 9.36. The maximum atomic E-state index is 10.9. The third kappa shape index (κ3) is 2.21. The van der Waals surface area contributed by atoms with Gasteiger partial charge in [0.1, 0.15) is 11.8 Å².